The Labute approximate surface area is 166 Å². The highest BCUT2D eigenvalue weighted by molar-refractivity contribution is 5.88. The van der Waals surface area contributed by atoms with E-state index in [2.05, 4.69) is 5.32 Å². The van der Waals surface area contributed by atoms with Crippen LogP contribution in [0.3, 0.4) is 0 Å². The topological polar surface area (TPSA) is 49.4 Å². The Balaban J connectivity index is 2.24. The molecule has 0 heterocycles. The molecule has 0 fully saturated rings. The molecule has 0 spiro atoms. The van der Waals surface area contributed by atoms with Crippen molar-refractivity contribution in [2.45, 2.75) is 58.7 Å². The van der Waals surface area contributed by atoms with Crippen LogP contribution in [0, 0.1) is 5.82 Å². The molecule has 0 aromatic heterocycles. The summed E-state index contributed by atoms with van der Waals surface area (Å²) in [6.45, 7) is 6.22. The summed E-state index contributed by atoms with van der Waals surface area (Å²) in [6, 6.07) is 15.0. The monoisotopic (exact) mass is 384 g/mol. The van der Waals surface area contributed by atoms with E-state index in [1.54, 1.807) is 17.0 Å². The van der Waals surface area contributed by atoms with E-state index in [9.17, 15) is 14.0 Å². The molecule has 2 atom stereocenters. The largest absolute Gasteiger partial charge is 0.352 e. The lowest BCUT2D eigenvalue weighted by Gasteiger charge is -2.31. The van der Waals surface area contributed by atoms with E-state index in [1.807, 2.05) is 51.1 Å². The molecule has 2 amide bonds. The van der Waals surface area contributed by atoms with Gasteiger partial charge in [-0.25, -0.2) is 4.39 Å². The Kier molecular flexibility index (Phi) is 8.18. The second-order valence-electron chi connectivity index (χ2n) is 7.05. The Morgan fingerprint density at radius 3 is 2.18 bits per heavy atom. The first-order chi connectivity index (χ1) is 13.4. The van der Waals surface area contributed by atoms with Crippen LogP contribution in [-0.2, 0) is 22.6 Å². The average molecular weight is 384 g/mol. The number of amides is 2. The summed E-state index contributed by atoms with van der Waals surface area (Å²) in [7, 11) is 0. The second kappa shape index (κ2) is 10.6. The molecule has 0 radical (unpaired) electrons. The maximum atomic E-state index is 13.2. The third kappa shape index (κ3) is 6.19. The van der Waals surface area contributed by atoms with Gasteiger partial charge in [-0.15, -0.1) is 0 Å². The number of nitrogens with zero attached hydrogens (tertiary/aromatic N) is 1. The molecular formula is C23H29FN2O2. The van der Waals surface area contributed by atoms with Crippen molar-refractivity contribution in [1.29, 1.82) is 0 Å². The Morgan fingerprint density at radius 2 is 1.61 bits per heavy atom. The molecule has 4 nitrogen and oxygen atoms in total. The van der Waals surface area contributed by atoms with Gasteiger partial charge in [-0.3, -0.25) is 9.59 Å². The minimum atomic E-state index is -0.554. The smallest absolute Gasteiger partial charge is 0.243 e. The van der Waals surface area contributed by atoms with Crippen molar-refractivity contribution in [2.75, 3.05) is 0 Å². The van der Waals surface area contributed by atoms with Gasteiger partial charge in [-0.2, -0.15) is 0 Å². The van der Waals surface area contributed by atoms with E-state index in [1.165, 1.54) is 12.1 Å². The van der Waals surface area contributed by atoms with Crippen LogP contribution in [0.4, 0.5) is 4.39 Å². The first kappa shape index (κ1) is 21.6. The third-order valence-electron chi connectivity index (χ3n) is 4.85. The fourth-order valence-corrected chi connectivity index (χ4v) is 3.02. The number of halogens is 1. The highest BCUT2D eigenvalue weighted by Gasteiger charge is 2.29. The van der Waals surface area contributed by atoms with Crippen molar-refractivity contribution < 1.29 is 14.0 Å². The first-order valence-corrected chi connectivity index (χ1v) is 9.82. The molecule has 0 bridgehead atoms. The van der Waals surface area contributed by atoms with Crippen molar-refractivity contribution in [2.24, 2.45) is 0 Å². The van der Waals surface area contributed by atoms with Crippen LogP contribution in [0.5, 0.6) is 0 Å². The number of carbonyl (C=O) groups is 2. The van der Waals surface area contributed by atoms with Gasteiger partial charge in [0.1, 0.15) is 11.9 Å². The van der Waals surface area contributed by atoms with Crippen molar-refractivity contribution in [3.63, 3.8) is 0 Å². The molecule has 2 aromatic rings. The number of hydrogen-bond donors (Lipinski definition) is 1. The lowest BCUT2D eigenvalue weighted by molar-refractivity contribution is -0.141. The molecular weight excluding hydrogens is 355 g/mol. The van der Waals surface area contributed by atoms with E-state index in [0.29, 0.717) is 13.0 Å². The predicted molar refractivity (Wildman–Crippen MR) is 109 cm³/mol. The summed E-state index contributed by atoms with van der Waals surface area (Å²) >= 11 is 0. The Hall–Kier alpha value is -2.69. The lowest BCUT2D eigenvalue weighted by Crippen LogP contribution is -2.51. The van der Waals surface area contributed by atoms with Crippen LogP contribution < -0.4 is 5.32 Å². The summed E-state index contributed by atoms with van der Waals surface area (Å²) in [5, 5.41) is 2.99. The van der Waals surface area contributed by atoms with Crippen LogP contribution >= 0.6 is 0 Å². The number of benzene rings is 2. The van der Waals surface area contributed by atoms with Crippen LogP contribution in [0.2, 0.25) is 0 Å². The summed E-state index contributed by atoms with van der Waals surface area (Å²) < 4.78 is 13.2. The van der Waals surface area contributed by atoms with E-state index >= 15 is 0 Å². The highest BCUT2D eigenvalue weighted by atomic mass is 19.1. The lowest BCUT2D eigenvalue weighted by atomic mass is 10.1. The Bertz CT molecular complexity index is 762. The summed E-state index contributed by atoms with van der Waals surface area (Å²) in [6.07, 6.45) is 1.47. The molecule has 0 unspecified atom stereocenters. The zero-order valence-corrected chi connectivity index (χ0v) is 16.8. The molecule has 0 aliphatic heterocycles. The van der Waals surface area contributed by atoms with Crippen molar-refractivity contribution in [3.05, 3.63) is 71.5 Å². The van der Waals surface area contributed by atoms with E-state index in [-0.39, 0.29) is 30.1 Å². The van der Waals surface area contributed by atoms with Gasteiger partial charge < -0.3 is 10.2 Å². The van der Waals surface area contributed by atoms with E-state index in [4.69, 9.17) is 0 Å². The van der Waals surface area contributed by atoms with Crippen LogP contribution in [0.1, 0.15) is 44.7 Å². The zero-order valence-electron chi connectivity index (χ0n) is 16.8. The molecule has 1 N–H and O–H groups in total. The van der Waals surface area contributed by atoms with Crippen LogP contribution in [-0.4, -0.2) is 28.8 Å². The molecule has 150 valence electrons. The predicted octanol–water partition coefficient (Wildman–Crippen LogP) is 4.09. The van der Waals surface area contributed by atoms with Crippen molar-refractivity contribution in [3.8, 4) is 0 Å². The van der Waals surface area contributed by atoms with E-state index in [0.717, 1.165) is 17.5 Å². The number of rotatable bonds is 9. The average Bonchev–Trinajstić information content (AvgIpc) is 2.70. The highest BCUT2D eigenvalue weighted by Crippen LogP contribution is 2.15. The summed E-state index contributed by atoms with van der Waals surface area (Å²) in [4.78, 5) is 27.6. The minimum absolute atomic E-state index is 0.0484. The van der Waals surface area contributed by atoms with Gasteiger partial charge in [-0.1, -0.05) is 56.3 Å². The first-order valence-electron chi connectivity index (χ1n) is 9.82. The Morgan fingerprint density at radius 1 is 0.964 bits per heavy atom. The van der Waals surface area contributed by atoms with Gasteiger partial charge >= 0.3 is 0 Å². The molecule has 5 heteroatoms. The maximum absolute atomic E-state index is 13.2. The molecule has 0 aliphatic carbocycles. The van der Waals surface area contributed by atoms with Crippen molar-refractivity contribution in [1.82, 2.24) is 10.2 Å². The number of carbonyl (C=O) groups excluding carboxylic acids is 2. The maximum Gasteiger partial charge on any atom is 0.243 e. The third-order valence-corrected chi connectivity index (χ3v) is 4.85. The van der Waals surface area contributed by atoms with Gasteiger partial charge in [-0.05, 0) is 43.0 Å². The molecule has 0 saturated carbocycles. The number of nitrogens with one attached hydrogen (secondary N) is 1. The summed E-state index contributed by atoms with van der Waals surface area (Å²) in [5.41, 5.74) is 1.69. The molecule has 28 heavy (non-hydrogen) atoms. The molecule has 2 aromatic carbocycles. The van der Waals surface area contributed by atoms with Crippen LogP contribution in [0.25, 0.3) is 0 Å². The number of hydrogen-bond acceptors (Lipinski definition) is 2. The van der Waals surface area contributed by atoms with Crippen molar-refractivity contribution >= 4 is 11.8 Å². The standard InChI is InChI=1S/C23H29FN2O2/c1-4-17(3)25-23(28)21(5-2)26(16-19-9-7-6-8-10-19)22(27)15-18-11-13-20(24)14-12-18/h6-14,17,21H,4-5,15-16H2,1-3H3,(H,25,28)/t17-,21-/m1/s1. The molecule has 0 saturated heterocycles. The quantitative estimate of drug-likeness (QED) is 0.708. The fourth-order valence-electron chi connectivity index (χ4n) is 3.02. The fraction of sp³-hybridized carbons (Fsp3) is 0.391. The van der Waals surface area contributed by atoms with Gasteiger partial charge in [0.05, 0.1) is 6.42 Å². The second-order valence-corrected chi connectivity index (χ2v) is 7.05. The van der Waals surface area contributed by atoms with Gasteiger partial charge in [0.2, 0.25) is 11.8 Å². The van der Waals surface area contributed by atoms with Gasteiger partial charge in [0.25, 0.3) is 0 Å². The normalized spacial score (nSPS) is 12.9. The minimum Gasteiger partial charge on any atom is -0.352 e. The molecule has 0 aliphatic rings. The summed E-state index contributed by atoms with van der Waals surface area (Å²) in [5.74, 6) is -0.626. The van der Waals surface area contributed by atoms with Gasteiger partial charge in [0, 0.05) is 12.6 Å². The molecule has 2 rings (SSSR count). The van der Waals surface area contributed by atoms with E-state index < -0.39 is 6.04 Å². The zero-order chi connectivity index (χ0) is 20.5. The van der Waals surface area contributed by atoms with Crippen LogP contribution in [0.15, 0.2) is 54.6 Å². The SMILES string of the molecule is CC[C@@H](C)NC(=O)[C@@H](CC)N(Cc1ccccc1)C(=O)Cc1ccc(F)cc1. The van der Waals surface area contributed by atoms with Gasteiger partial charge in [0.15, 0.2) is 0 Å².